The SMILES string of the molecule is COCc1ccc2c3c(C(N)=O)cccc3n(Cc3ccc(C)c(Cl)c3)c2c1. The van der Waals surface area contributed by atoms with Gasteiger partial charge < -0.3 is 15.0 Å². The number of carbonyl (C=O) groups excluding carboxylic acids is 1. The average molecular weight is 393 g/mol. The number of ether oxygens (including phenoxy) is 1. The molecule has 142 valence electrons. The highest BCUT2D eigenvalue weighted by Gasteiger charge is 2.17. The molecule has 0 bridgehead atoms. The molecule has 0 radical (unpaired) electrons. The van der Waals surface area contributed by atoms with Crippen molar-refractivity contribution in [2.24, 2.45) is 5.73 Å². The number of primary amides is 1. The molecule has 1 amide bonds. The quantitative estimate of drug-likeness (QED) is 0.516. The standard InChI is InChI=1S/C23H21ClN2O2/c1-14-6-7-15(10-19(14)24)12-26-20-5-3-4-18(23(25)27)22(20)17-9-8-16(13-28-2)11-21(17)26/h3-11H,12-13H2,1-2H3,(H2,25,27). The second-order valence-corrected chi connectivity index (χ2v) is 7.43. The van der Waals surface area contributed by atoms with Crippen LogP contribution in [0.5, 0.6) is 0 Å². The van der Waals surface area contributed by atoms with Crippen LogP contribution in [0.2, 0.25) is 5.02 Å². The lowest BCUT2D eigenvalue weighted by molar-refractivity contribution is 0.100. The third-order valence-electron chi connectivity index (χ3n) is 5.11. The predicted molar refractivity (Wildman–Crippen MR) is 114 cm³/mol. The van der Waals surface area contributed by atoms with Crippen LogP contribution in [0.1, 0.15) is 27.0 Å². The number of hydrogen-bond acceptors (Lipinski definition) is 2. The smallest absolute Gasteiger partial charge is 0.249 e. The Labute approximate surface area is 168 Å². The van der Waals surface area contributed by atoms with Gasteiger partial charge >= 0.3 is 0 Å². The number of rotatable bonds is 5. The summed E-state index contributed by atoms with van der Waals surface area (Å²) in [6.07, 6.45) is 0. The highest BCUT2D eigenvalue weighted by atomic mass is 35.5. The van der Waals surface area contributed by atoms with Gasteiger partial charge in [-0.15, -0.1) is 0 Å². The molecule has 0 fully saturated rings. The summed E-state index contributed by atoms with van der Waals surface area (Å²) in [6.45, 7) is 3.15. The zero-order valence-corrected chi connectivity index (χ0v) is 16.6. The van der Waals surface area contributed by atoms with Crippen LogP contribution in [0, 0.1) is 6.92 Å². The van der Waals surface area contributed by atoms with E-state index in [1.807, 2.05) is 43.3 Å². The van der Waals surface area contributed by atoms with Crippen molar-refractivity contribution in [2.75, 3.05) is 7.11 Å². The number of methoxy groups -OCH3 is 1. The molecule has 0 aliphatic carbocycles. The van der Waals surface area contributed by atoms with Gasteiger partial charge in [-0.05, 0) is 47.9 Å². The minimum absolute atomic E-state index is 0.427. The lowest BCUT2D eigenvalue weighted by atomic mass is 10.0. The van der Waals surface area contributed by atoms with Crippen molar-refractivity contribution in [3.05, 3.63) is 81.9 Å². The highest BCUT2D eigenvalue weighted by Crippen LogP contribution is 2.33. The molecule has 0 spiro atoms. The van der Waals surface area contributed by atoms with Crippen molar-refractivity contribution < 1.29 is 9.53 Å². The molecule has 4 rings (SSSR count). The van der Waals surface area contributed by atoms with E-state index in [1.54, 1.807) is 13.2 Å². The number of amides is 1. The normalized spacial score (nSPS) is 11.4. The predicted octanol–water partition coefficient (Wildman–Crippen LogP) is 5.05. The zero-order chi connectivity index (χ0) is 19.8. The van der Waals surface area contributed by atoms with Gasteiger partial charge in [0.25, 0.3) is 0 Å². The van der Waals surface area contributed by atoms with Crippen LogP contribution in [0.15, 0.2) is 54.6 Å². The number of nitrogens with zero attached hydrogens (tertiary/aromatic N) is 1. The number of aromatic nitrogens is 1. The molecular formula is C23H21ClN2O2. The van der Waals surface area contributed by atoms with Gasteiger partial charge in [0.15, 0.2) is 0 Å². The van der Waals surface area contributed by atoms with Gasteiger partial charge in [0, 0.05) is 40.5 Å². The Hall–Kier alpha value is -2.82. The molecule has 0 saturated heterocycles. The molecule has 0 aliphatic rings. The summed E-state index contributed by atoms with van der Waals surface area (Å²) in [6, 6.07) is 17.9. The molecule has 28 heavy (non-hydrogen) atoms. The minimum Gasteiger partial charge on any atom is -0.380 e. The van der Waals surface area contributed by atoms with E-state index < -0.39 is 5.91 Å². The Balaban J connectivity index is 2.00. The fourth-order valence-electron chi connectivity index (χ4n) is 3.74. The number of aryl methyl sites for hydroxylation is 1. The molecule has 0 aliphatic heterocycles. The molecule has 1 aromatic heterocycles. The van der Waals surface area contributed by atoms with E-state index in [1.165, 1.54) is 0 Å². The van der Waals surface area contributed by atoms with Gasteiger partial charge in [0.1, 0.15) is 0 Å². The maximum absolute atomic E-state index is 12.1. The van der Waals surface area contributed by atoms with E-state index in [4.69, 9.17) is 22.1 Å². The van der Waals surface area contributed by atoms with Crippen LogP contribution >= 0.6 is 11.6 Å². The lowest BCUT2D eigenvalue weighted by Crippen LogP contribution is -2.11. The zero-order valence-electron chi connectivity index (χ0n) is 15.8. The molecule has 1 heterocycles. The van der Waals surface area contributed by atoms with Crippen LogP contribution in [0.25, 0.3) is 21.8 Å². The molecule has 3 aromatic carbocycles. The number of carbonyl (C=O) groups is 1. The van der Waals surface area contributed by atoms with Gasteiger partial charge in [0.05, 0.1) is 12.1 Å². The van der Waals surface area contributed by atoms with Crippen LogP contribution in [-0.2, 0) is 17.9 Å². The molecule has 2 N–H and O–H groups in total. The largest absolute Gasteiger partial charge is 0.380 e. The first-order valence-corrected chi connectivity index (χ1v) is 9.45. The van der Waals surface area contributed by atoms with Crippen LogP contribution < -0.4 is 5.73 Å². The first kappa shape index (κ1) is 18.5. The maximum Gasteiger partial charge on any atom is 0.249 e. The Morgan fingerprint density at radius 2 is 1.86 bits per heavy atom. The summed E-state index contributed by atoms with van der Waals surface area (Å²) >= 11 is 6.34. The van der Waals surface area contributed by atoms with E-state index in [0.29, 0.717) is 18.7 Å². The molecule has 5 heteroatoms. The van der Waals surface area contributed by atoms with Crippen LogP contribution in [0.3, 0.4) is 0 Å². The van der Waals surface area contributed by atoms with Crippen molar-refractivity contribution in [3.8, 4) is 0 Å². The number of halogens is 1. The lowest BCUT2D eigenvalue weighted by Gasteiger charge is -2.10. The monoisotopic (exact) mass is 392 g/mol. The molecule has 4 aromatic rings. The number of nitrogens with two attached hydrogens (primary N) is 1. The van der Waals surface area contributed by atoms with E-state index in [0.717, 1.165) is 43.5 Å². The second-order valence-electron chi connectivity index (χ2n) is 7.02. The third kappa shape index (κ3) is 3.15. The first-order chi connectivity index (χ1) is 13.5. The molecule has 0 atom stereocenters. The van der Waals surface area contributed by atoms with E-state index >= 15 is 0 Å². The molecular weight excluding hydrogens is 372 g/mol. The summed E-state index contributed by atoms with van der Waals surface area (Å²) in [7, 11) is 1.68. The van der Waals surface area contributed by atoms with Crippen molar-refractivity contribution in [1.29, 1.82) is 0 Å². The summed E-state index contributed by atoms with van der Waals surface area (Å²) < 4.78 is 7.50. The van der Waals surface area contributed by atoms with E-state index in [9.17, 15) is 4.79 Å². The van der Waals surface area contributed by atoms with Crippen molar-refractivity contribution >= 4 is 39.3 Å². The van der Waals surface area contributed by atoms with Gasteiger partial charge in [-0.2, -0.15) is 0 Å². The summed E-state index contributed by atoms with van der Waals surface area (Å²) in [4.78, 5) is 12.1. The van der Waals surface area contributed by atoms with E-state index in [2.05, 4.69) is 16.7 Å². The summed E-state index contributed by atoms with van der Waals surface area (Å²) in [5.74, 6) is -0.427. The van der Waals surface area contributed by atoms with Crippen LogP contribution in [-0.4, -0.2) is 17.6 Å². The van der Waals surface area contributed by atoms with Crippen molar-refractivity contribution in [2.45, 2.75) is 20.1 Å². The van der Waals surface area contributed by atoms with Crippen molar-refractivity contribution in [3.63, 3.8) is 0 Å². The third-order valence-corrected chi connectivity index (χ3v) is 5.52. The fourth-order valence-corrected chi connectivity index (χ4v) is 3.94. The average Bonchev–Trinajstić information content (AvgIpc) is 2.98. The van der Waals surface area contributed by atoms with Gasteiger partial charge in [-0.3, -0.25) is 4.79 Å². The van der Waals surface area contributed by atoms with Gasteiger partial charge in [-0.25, -0.2) is 0 Å². The number of hydrogen-bond donors (Lipinski definition) is 1. The second kappa shape index (κ2) is 7.30. The Morgan fingerprint density at radius 3 is 2.57 bits per heavy atom. The van der Waals surface area contributed by atoms with Crippen LogP contribution in [0.4, 0.5) is 0 Å². The van der Waals surface area contributed by atoms with Gasteiger partial charge in [-0.1, -0.05) is 41.9 Å². The number of fused-ring (bicyclic) bond motifs is 3. The maximum atomic E-state index is 12.1. The number of benzene rings is 3. The van der Waals surface area contributed by atoms with Crippen molar-refractivity contribution in [1.82, 2.24) is 4.57 Å². The Kier molecular flexibility index (Phi) is 4.84. The molecule has 0 unspecified atom stereocenters. The fraction of sp³-hybridized carbons (Fsp3) is 0.174. The van der Waals surface area contributed by atoms with Gasteiger partial charge in [0.2, 0.25) is 5.91 Å². The summed E-state index contributed by atoms with van der Waals surface area (Å²) in [5, 5.41) is 2.63. The summed E-state index contributed by atoms with van der Waals surface area (Å²) in [5.41, 5.74) is 11.4. The minimum atomic E-state index is -0.427. The Morgan fingerprint density at radius 1 is 1.07 bits per heavy atom. The molecule has 4 nitrogen and oxygen atoms in total. The Bertz CT molecular complexity index is 1210. The highest BCUT2D eigenvalue weighted by molar-refractivity contribution is 6.31. The first-order valence-electron chi connectivity index (χ1n) is 9.07. The van der Waals surface area contributed by atoms with E-state index in [-0.39, 0.29) is 0 Å². The topological polar surface area (TPSA) is 57.2 Å². The molecule has 0 saturated carbocycles.